The zero-order valence-electron chi connectivity index (χ0n) is 12.4. The van der Waals surface area contributed by atoms with Crippen LogP contribution in [0.1, 0.15) is 46.5 Å². The average molecular weight is 272 g/mol. The van der Waals surface area contributed by atoms with Gasteiger partial charge < -0.3 is 20.5 Å². The summed E-state index contributed by atoms with van der Waals surface area (Å²) in [5.41, 5.74) is 5.27. The Morgan fingerprint density at radius 2 is 2.21 bits per heavy atom. The zero-order chi connectivity index (χ0) is 14.5. The molecular formula is C14H28N2O3. The van der Waals surface area contributed by atoms with Crippen molar-refractivity contribution >= 4 is 6.09 Å². The first-order valence-corrected chi connectivity index (χ1v) is 7.16. The van der Waals surface area contributed by atoms with Crippen LogP contribution in [-0.4, -0.2) is 47.4 Å². The van der Waals surface area contributed by atoms with Crippen LogP contribution in [0.2, 0.25) is 0 Å². The van der Waals surface area contributed by atoms with E-state index in [1.807, 2.05) is 20.8 Å². The van der Waals surface area contributed by atoms with E-state index in [-0.39, 0.29) is 18.7 Å². The number of amides is 1. The molecule has 2 atom stereocenters. The number of hydrogen-bond acceptors (Lipinski definition) is 4. The molecule has 0 aromatic heterocycles. The van der Waals surface area contributed by atoms with Gasteiger partial charge in [-0.2, -0.15) is 0 Å². The lowest BCUT2D eigenvalue weighted by molar-refractivity contribution is 0.0159. The summed E-state index contributed by atoms with van der Waals surface area (Å²) in [5.74, 6) is 0.471. The highest BCUT2D eigenvalue weighted by atomic mass is 16.6. The Labute approximate surface area is 116 Å². The summed E-state index contributed by atoms with van der Waals surface area (Å²) in [6, 6.07) is -0.142. The van der Waals surface area contributed by atoms with Gasteiger partial charge in [0.15, 0.2) is 0 Å². The smallest absolute Gasteiger partial charge is 0.410 e. The number of piperidine rings is 1. The lowest BCUT2D eigenvalue weighted by Crippen LogP contribution is -2.43. The first-order valence-electron chi connectivity index (χ1n) is 7.16. The third kappa shape index (κ3) is 6.25. The number of nitrogens with two attached hydrogens (primary N) is 1. The summed E-state index contributed by atoms with van der Waals surface area (Å²) < 4.78 is 5.39. The topological polar surface area (TPSA) is 75.8 Å². The van der Waals surface area contributed by atoms with E-state index in [2.05, 4.69) is 0 Å². The molecule has 1 aliphatic heterocycles. The van der Waals surface area contributed by atoms with E-state index in [1.165, 1.54) is 0 Å². The Kier molecular flexibility index (Phi) is 6.07. The average Bonchev–Trinajstić information content (AvgIpc) is 2.34. The zero-order valence-corrected chi connectivity index (χ0v) is 12.4. The SMILES string of the molecule is CC(C)(C)OC(=O)N1CCCC(CC[C@H](N)CO)C1. The number of ether oxygens (including phenoxy) is 1. The molecule has 0 spiro atoms. The van der Waals surface area contributed by atoms with Crippen molar-refractivity contribution in [1.29, 1.82) is 0 Å². The van der Waals surface area contributed by atoms with Gasteiger partial charge in [0.2, 0.25) is 0 Å². The van der Waals surface area contributed by atoms with E-state index in [4.69, 9.17) is 15.6 Å². The number of rotatable bonds is 4. The van der Waals surface area contributed by atoms with Crippen LogP contribution in [0.3, 0.4) is 0 Å². The molecule has 0 aliphatic carbocycles. The molecule has 1 saturated heterocycles. The molecule has 1 fully saturated rings. The predicted octanol–water partition coefficient (Wildman–Crippen LogP) is 1.73. The molecule has 5 nitrogen and oxygen atoms in total. The monoisotopic (exact) mass is 272 g/mol. The second kappa shape index (κ2) is 7.10. The van der Waals surface area contributed by atoms with Crippen LogP contribution in [0, 0.1) is 5.92 Å². The van der Waals surface area contributed by atoms with E-state index < -0.39 is 5.60 Å². The first-order chi connectivity index (χ1) is 8.81. The molecule has 19 heavy (non-hydrogen) atoms. The van der Waals surface area contributed by atoms with Crippen molar-refractivity contribution in [2.24, 2.45) is 11.7 Å². The largest absolute Gasteiger partial charge is 0.444 e. The highest BCUT2D eigenvalue weighted by Crippen LogP contribution is 2.23. The van der Waals surface area contributed by atoms with E-state index in [0.29, 0.717) is 5.92 Å². The van der Waals surface area contributed by atoms with Gasteiger partial charge in [0.1, 0.15) is 5.60 Å². The molecule has 1 amide bonds. The fourth-order valence-electron chi connectivity index (χ4n) is 2.33. The Bertz CT molecular complexity index is 289. The van der Waals surface area contributed by atoms with Crippen LogP contribution in [-0.2, 0) is 4.74 Å². The lowest BCUT2D eigenvalue weighted by Gasteiger charge is -2.34. The van der Waals surface area contributed by atoms with Crippen LogP contribution >= 0.6 is 0 Å². The maximum Gasteiger partial charge on any atom is 0.410 e. The molecule has 0 saturated carbocycles. The van der Waals surface area contributed by atoms with Gasteiger partial charge >= 0.3 is 6.09 Å². The fraction of sp³-hybridized carbons (Fsp3) is 0.929. The summed E-state index contributed by atoms with van der Waals surface area (Å²) in [6.07, 6.45) is 3.68. The van der Waals surface area contributed by atoms with E-state index in [0.717, 1.165) is 38.8 Å². The summed E-state index contributed by atoms with van der Waals surface area (Å²) >= 11 is 0. The normalized spacial score (nSPS) is 22.2. The highest BCUT2D eigenvalue weighted by molar-refractivity contribution is 5.68. The maximum absolute atomic E-state index is 12.0. The molecule has 0 bridgehead atoms. The van der Waals surface area contributed by atoms with Gasteiger partial charge in [-0.15, -0.1) is 0 Å². The number of carbonyl (C=O) groups excluding carboxylic acids is 1. The highest BCUT2D eigenvalue weighted by Gasteiger charge is 2.27. The molecule has 1 rings (SSSR count). The third-order valence-electron chi connectivity index (χ3n) is 3.35. The number of aliphatic hydroxyl groups excluding tert-OH is 1. The Balaban J connectivity index is 2.39. The second-order valence-corrected chi connectivity index (χ2v) is 6.45. The fourth-order valence-corrected chi connectivity index (χ4v) is 2.33. The number of hydrogen-bond donors (Lipinski definition) is 2. The maximum atomic E-state index is 12.0. The van der Waals surface area contributed by atoms with Crippen molar-refractivity contribution in [2.75, 3.05) is 19.7 Å². The van der Waals surface area contributed by atoms with Gasteiger partial charge in [-0.25, -0.2) is 4.79 Å². The second-order valence-electron chi connectivity index (χ2n) is 6.45. The molecule has 0 aromatic carbocycles. The van der Waals surface area contributed by atoms with Crippen molar-refractivity contribution in [3.05, 3.63) is 0 Å². The van der Waals surface area contributed by atoms with Crippen LogP contribution in [0.15, 0.2) is 0 Å². The molecule has 3 N–H and O–H groups in total. The van der Waals surface area contributed by atoms with Gasteiger partial charge in [-0.1, -0.05) is 0 Å². The molecule has 1 heterocycles. The number of likely N-dealkylation sites (tertiary alicyclic amines) is 1. The summed E-state index contributed by atoms with van der Waals surface area (Å²) in [4.78, 5) is 13.8. The molecule has 0 aromatic rings. The lowest BCUT2D eigenvalue weighted by atomic mass is 9.92. The Hall–Kier alpha value is -0.810. The van der Waals surface area contributed by atoms with Gasteiger partial charge in [0, 0.05) is 19.1 Å². The first kappa shape index (κ1) is 16.2. The third-order valence-corrected chi connectivity index (χ3v) is 3.35. The van der Waals surface area contributed by atoms with Crippen molar-refractivity contribution in [2.45, 2.75) is 58.1 Å². The van der Waals surface area contributed by atoms with E-state index in [9.17, 15) is 4.79 Å². The van der Waals surface area contributed by atoms with Crippen molar-refractivity contribution in [1.82, 2.24) is 4.90 Å². The van der Waals surface area contributed by atoms with Gasteiger partial charge in [-0.3, -0.25) is 0 Å². The van der Waals surface area contributed by atoms with Crippen LogP contribution in [0.25, 0.3) is 0 Å². The summed E-state index contributed by atoms with van der Waals surface area (Å²) in [5, 5.41) is 8.92. The van der Waals surface area contributed by atoms with Gasteiger partial charge in [0.25, 0.3) is 0 Å². The number of nitrogens with zero attached hydrogens (tertiary/aromatic N) is 1. The standard InChI is InChI=1S/C14H28N2O3/c1-14(2,3)19-13(18)16-8-4-5-11(9-16)6-7-12(15)10-17/h11-12,17H,4-10,15H2,1-3H3/t11?,12-/m0/s1. The minimum Gasteiger partial charge on any atom is -0.444 e. The van der Waals surface area contributed by atoms with Crippen molar-refractivity contribution in [3.63, 3.8) is 0 Å². The van der Waals surface area contributed by atoms with Crippen molar-refractivity contribution < 1.29 is 14.6 Å². The molecule has 1 aliphatic rings. The minimum absolute atomic E-state index is 0.0303. The summed E-state index contributed by atoms with van der Waals surface area (Å²) in [7, 11) is 0. The summed E-state index contributed by atoms with van der Waals surface area (Å²) in [6.45, 7) is 7.19. The quantitative estimate of drug-likeness (QED) is 0.817. The molecule has 5 heteroatoms. The predicted molar refractivity (Wildman–Crippen MR) is 74.8 cm³/mol. The molecular weight excluding hydrogens is 244 g/mol. The Morgan fingerprint density at radius 1 is 1.53 bits per heavy atom. The minimum atomic E-state index is -0.441. The van der Waals surface area contributed by atoms with Crippen molar-refractivity contribution in [3.8, 4) is 0 Å². The van der Waals surface area contributed by atoms with Crippen LogP contribution < -0.4 is 5.73 Å². The van der Waals surface area contributed by atoms with E-state index in [1.54, 1.807) is 4.90 Å². The number of carbonyl (C=O) groups is 1. The molecule has 1 unspecified atom stereocenters. The Morgan fingerprint density at radius 3 is 2.79 bits per heavy atom. The van der Waals surface area contributed by atoms with Gasteiger partial charge in [-0.05, 0) is 52.4 Å². The van der Waals surface area contributed by atoms with E-state index >= 15 is 0 Å². The van der Waals surface area contributed by atoms with Crippen LogP contribution in [0.5, 0.6) is 0 Å². The van der Waals surface area contributed by atoms with Crippen LogP contribution in [0.4, 0.5) is 4.79 Å². The molecule has 112 valence electrons. The number of aliphatic hydroxyl groups is 1. The van der Waals surface area contributed by atoms with Gasteiger partial charge in [0.05, 0.1) is 6.61 Å². The molecule has 0 radical (unpaired) electrons.